The fraction of sp³-hybridized carbons (Fsp3) is 0.0556. The fourth-order valence-corrected chi connectivity index (χ4v) is 2.59. The van der Waals surface area contributed by atoms with E-state index < -0.39 is 0 Å². The number of pyridine rings is 1. The van der Waals surface area contributed by atoms with Gasteiger partial charge in [0.05, 0.1) is 5.02 Å². The lowest BCUT2D eigenvalue weighted by Gasteiger charge is -2.10. The Bertz CT molecular complexity index is 823. The Morgan fingerprint density at radius 2 is 1.78 bits per heavy atom. The molecule has 0 bridgehead atoms. The molecule has 5 heteroatoms. The minimum Gasteiger partial charge on any atom is -0.504 e. The van der Waals surface area contributed by atoms with Crippen molar-refractivity contribution in [3.63, 3.8) is 0 Å². The van der Waals surface area contributed by atoms with Gasteiger partial charge in [0.2, 0.25) is 0 Å². The van der Waals surface area contributed by atoms with Crippen molar-refractivity contribution in [2.24, 2.45) is 0 Å². The van der Waals surface area contributed by atoms with Crippen LogP contribution in [0.1, 0.15) is 11.3 Å². The SMILES string of the molecule is Oc1cc(Cc2ccccn2)ccc1Oc1ccc(Cl)cc1Cl. The van der Waals surface area contributed by atoms with Crippen LogP contribution in [-0.2, 0) is 6.42 Å². The maximum absolute atomic E-state index is 10.2. The van der Waals surface area contributed by atoms with Crippen LogP contribution in [-0.4, -0.2) is 10.1 Å². The largest absolute Gasteiger partial charge is 0.504 e. The topological polar surface area (TPSA) is 42.4 Å². The van der Waals surface area contributed by atoms with E-state index >= 15 is 0 Å². The first-order valence-electron chi connectivity index (χ1n) is 6.96. The number of hydrogen-bond donors (Lipinski definition) is 1. The third kappa shape index (κ3) is 3.95. The smallest absolute Gasteiger partial charge is 0.169 e. The molecule has 2 aromatic carbocycles. The van der Waals surface area contributed by atoms with E-state index in [1.54, 1.807) is 36.5 Å². The molecular formula is C18H13Cl2NO2. The molecule has 0 aliphatic rings. The molecule has 1 aromatic heterocycles. The summed E-state index contributed by atoms with van der Waals surface area (Å²) in [5.41, 5.74) is 1.87. The number of nitrogens with zero attached hydrogens (tertiary/aromatic N) is 1. The number of halogens is 2. The van der Waals surface area contributed by atoms with Crippen molar-refractivity contribution in [1.29, 1.82) is 0 Å². The molecule has 23 heavy (non-hydrogen) atoms. The summed E-state index contributed by atoms with van der Waals surface area (Å²) in [6, 6.07) is 15.9. The Kier molecular flexibility index (Phi) is 4.70. The van der Waals surface area contributed by atoms with Crippen molar-refractivity contribution in [3.8, 4) is 17.2 Å². The molecule has 3 nitrogen and oxygen atoms in total. The Morgan fingerprint density at radius 3 is 2.48 bits per heavy atom. The van der Waals surface area contributed by atoms with Crippen LogP contribution in [0, 0.1) is 0 Å². The Morgan fingerprint density at radius 1 is 0.957 bits per heavy atom. The van der Waals surface area contributed by atoms with Gasteiger partial charge in [0.25, 0.3) is 0 Å². The summed E-state index contributed by atoms with van der Waals surface area (Å²) in [5.74, 6) is 0.812. The van der Waals surface area contributed by atoms with Gasteiger partial charge in [-0.25, -0.2) is 0 Å². The van der Waals surface area contributed by atoms with Gasteiger partial charge in [-0.1, -0.05) is 35.3 Å². The summed E-state index contributed by atoms with van der Waals surface area (Å²) in [7, 11) is 0. The molecule has 0 amide bonds. The number of hydrogen-bond acceptors (Lipinski definition) is 3. The second-order valence-corrected chi connectivity index (χ2v) is 5.82. The van der Waals surface area contributed by atoms with Gasteiger partial charge < -0.3 is 9.84 Å². The summed E-state index contributed by atoms with van der Waals surface area (Å²) < 4.78 is 5.64. The van der Waals surface area contributed by atoms with Crippen LogP contribution in [0.3, 0.4) is 0 Å². The Hall–Kier alpha value is -2.23. The predicted molar refractivity (Wildman–Crippen MR) is 91.7 cm³/mol. The van der Waals surface area contributed by atoms with Crippen LogP contribution in [0.4, 0.5) is 0 Å². The minimum absolute atomic E-state index is 0.0458. The summed E-state index contributed by atoms with van der Waals surface area (Å²) in [5, 5.41) is 11.1. The summed E-state index contributed by atoms with van der Waals surface area (Å²) in [6.45, 7) is 0. The maximum atomic E-state index is 10.2. The highest BCUT2D eigenvalue weighted by Gasteiger charge is 2.09. The van der Waals surface area contributed by atoms with Gasteiger partial charge in [0.15, 0.2) is 11.5 Å². The second-order valence-electron chi connectivity index (χ2n) is 4.98. The van der Waals surface area contributed by atoms with Crippen LogP contribution >= 0.6 is 23.2 Å². The van der Waals surface area contributed by atoms with Crippen molar-refractivity contribution in [3.05, 3.63) is 82.1 Å². The van der Waals surface area contributed by atoms with E-state index in [1.807, 2.05) is 24.3 Å². The molecule has 0 fully saturated rings. The number of benzene rings is 2. The fourth-order valence-electron chi connectivity index (χ4n) is 2.15. The lowest BCUT2D eigenvalue weighted by molar-refractivity contribution is 0.411. The predicted octanol–water partition coefficient (Wildman–Crippen LogP) is 5.48. The zero-order chi connectivity index (χ0) is 16.2. The first kappa shape index (κ1) is 15.7. The highest BCUT2D eigenvalue weighted by atomic mass is 35.5. The third-order valence-corrected chi connectivity index (χ3v) is 3.78. The van der Waals surface area contributed by atoms with Gasteiger partial charge in [-0.05, 0) is 48.0 Å². The number of phenols is 1. The van der Waals surface area contributed by atoms with Gasteiger partial charge in [-0.15, -0.1) is 0 Å². The lowest BCUT2D eigenvalue weighted by atomic mass is 10.1. The van der Waals surface area contributed by atoms with Crippen LogP contribution in [0.25, 0.3) is 0 Å². The number of ether oxygens (including phenoxy) is 1. The Balaban J connectivity index is 1.79. The molecule has 1 heterocycles. The van der Waals surface area contributed by atoms with E-state index in [-0.39, 0.29) is 5.75 Å². The molecule has 0 aliphatic heterocycles. The standard InChI is InChI=1S/C18H13Cl2NO2/c19-13-5-7-17(15(20)11-13)23-18-6-4-12(10-16(18)22)9-14-3-1-2-8-21-14/h1-8,10-11,22H,9H2. The van der Waals surface area contributed by atoms with Crippen molar-refractivity contribution in [1.82, 2.24) is 4.98 Å². The minimum atomic E-state index is 0.0458. The molecule has 1 N–H and O–H groups in total. The van der Waals surface area contributed by atoms with E-state index in [4.69, 9.17) is 27.9 Å². The average Bonchev–Trinajstić information content (AvgIpc) is 2.53. The monoisotopic (exact) mass is 345 g/mol. The average molecular weight is 346 g/mol. The van der Waals surface area contributed by atoms with Gasteiger partial charge >= 0.3 is 0 Å². The van der Waals surface area contributed by atoms with Crippen LogP contribution in [0.2, 0.25) is 10.0 Å². The van der Waals surface area contributed by atoms with Crippen molar-refractivity contribution >= 4 is 23.2 Å². The highest BCUT2D eigenvalue weighted by molar-refractivity contribution is 6.35. The number of aromatic nitrogens is 1. The molecular weight excluding hydrogens is 333 g/mol. The van der Waals surface area contributed by atoms with E-state index in [0.29, 0.717) is 28.0 Å². The maximum Gasteiger partial charge on any atom is 0.169 e. The van der Waals surface area contributed by atoms with Gasteiger partial charge in [0, 0.05) is 23.3 Å². The molecule has 0 aliphatic carbocycles. The quantitative estimate of drug-likeness (QED) is 0.680. The third-order valence-electron chi connectivity index (χ3n) is 3.25. The van der Waals surface area contributed by atoms with Gasteiger partial charge in [-0.3, -0.25) is 4.98 Å². The molecule has 3 aromatic rings. The van der Waals surface area contributed by atoms with Gasteiger partial charge in [-0.2, -0.15) is 0 Å². The second kappa shape index (κ2) is 6.90. The molecule has 0 atom stereocenters. The normalized spacial score (nSPS) is 10.5. The molecule has 0 unspecified atom stereocenters. The van der Waals surface area contributed by atoms with Crippen LogP contribution < -0.4 is 4.74 Å². The van der Waals surface area contributed by atoms with Crippen molar-refractivity contribution in [2.75, 3.05) is 0 Å². The van der Waals surface area contributed by atoms with Crippen molar-refractivity contribution < 1.29 is 9.84 Å². The van der Waals surface area contributed by atoms with E-state index in [0.717, 1.165) is 11.3 Å². The van der Waals surface area contributed by atoms with E-state index in [2.05, 4.69) is 4.98 Å². The molecule has 116 valence electrons. The molecule has 0 saturated carbocycles. The zero-order valence-corrected chi connectivity index (χ0v) is 13.6. The molecule has 0 saturated heterocycles. The molecule has 0 radical (unpaired) electrons. The summed E-state index contributed by atoms with van der Waals surface area (Å²) in [4.78, 5) is 4.27. The molecule has 0 spiro atoms. The van der Waals surface area contributed by atoms with E-state index in [1.165, 1.54) is 0 Å². The summed E-state index contributed by atoms with van der Waals surface area (Å²) >= 11 is 11.9. The zero-order valence-electron chi connectivity index (χ0n) is 12.0. The van der Waals surface area contributed by atoms with Crippen LogP contribution in [0.5, 0.6) is 17.2 Å². The Labute approximate surface area is 144 Å². The van der Waals surface area contributed by atoms with Crippen molar-refractivity contribution in [2.45, 2.75) is 6.42 Å². The molecule has 3 rings (SSSR count). The van der Waals surface area contributed by atoms with E-state index in [9.17, 15) is 5.11 Å². The summed E-state index contributed by atoms with van der Waals surface area (Å²) in [6.07, 6.45) is 2.38. The lowest BCUT2D eigenvalue weighted by Crippen LogP contribution is -1.92. The number of rotatable bonds is 4. The number of aromatic hydroxyl groups is 1. The highest BCUT2D eigenvalue weighted by Crippen LogP contribution is 2.36. The first-order chi connectivity index (χ1) is 11.1. The van der Waals surface area contributed by atoms with Crippen LogP contribution in [0.15, 0.2) is 60.8 Å². The first-order valence-corrected chi connectivity index (χ1v) is 7.72. The number of phenolic OH excluding ortho intramolecular Hbond substituents is 1. The van der Waals surface area contributed by atoms with Gasteiger partial charge in [0.1, 0.15) is 5.75 Å².